The summed E-state index contributed by atoms with van der Waals surface area (Å²) in [7, 11) is 2.03. The van der Waals surface area contributed by atoms with Crippen molar-refractivity contribution >= 4 is 5.82 Å². The molecule has 20 heavy (non-hydrogen) atoms. The lowest BCUT2D eigenvalue weighted by atomic mass is 10.1. The van der Waals surface area contributed by atoms with Gasteiger partial charge in [0, 0.05) is 12.1 Å². The van der Waals surface area contributed by atoms with Gasteiger partial charge in [0.15, 0.2) is 0 Å². The lowest BCUT2D eigenvalue weighted by molar-refractivity contribution is -0.145. The van der Waals surface area contributed by atoms with Gasteiger partial charge < -0.3 is 15.4 Å². The molecule has 0 radical (unpaired) electrons. The quantitative estimate of drug-likeness (QED) is 0.918. The Morgan fingerprint density at radius 3 is 2.80 bits per heavy atom. The van der Waals surface area contributed by atoms with Gasteiger partial charge in [-0.15, -0.1) is 0 Å². The highest BCUT2D eigenvalue weighted by Crippen LogP contribution is 2.28. The number of alkyl halides is 3. The minimum atomic E-state index is -4.63. The van der Waals surface area contributed by atoms with Crippen LogP contribution in [0.4, 0.5) is 19.0 Å². The maximum absolute atomic E-state index is 12.5. The third-order valence-corrected chi connectivity index (χ3v) is 3.35. The van der Waals surface area contributed by atoms with E-state index in [4.69, 9.17) is 10.5 Å². The molecule has 1 aliphatic rings. The largest absolute Gasteiger partial charge is 0.477 e. The number of anilines is 1. The lowest BCUT2D eigenvalue weighted by Crippen LogP contribution is -2.26. The second-order valence-electron chi connectivity index (χ2n) is 4.87. The van der Waals surface area contributed by atoms with Gasteiger partial charge in [0.2, 0.25) is 11.7 Å². The van der Waals surface area contributed by atoms with Crippen LogP contribution in [0.1, 0.15) is 25.1 Å². The number of nitrogens with zero attached hydrogens (tertiary/aromatic N) is 3. The molecule has 0 spiro atoms. The Balaban J connectivity index is 1.94. The van der Waals surface area contributed by atoms with Crippen LogP contribution in [0.25, 0.3) is 0 Å². The van der Waals surface area contributed by atoms with Gasteiger partial charge in [-0.1, -0.05) is 0 Å². The number of likely N-dealkylation sites (tertiary alicyclic amines) is 1. The molecule has 112 valence electrons. The van der Waals surface area contributed by atoms with Crippen molar-refractivity contribution in [1.29, 1.82) is 0 Å². The van der Waals surface area contributed by atoms with Crippen molar-refractivity contribution in [2.45, 2.75) is 31.5 Å². The Hall–Kier alpha value is -1.57. The highest BCUT2D eigenvalue weighted by molar-refractivity contribution is 5.33. The average Bonchev–Trinajstić information content (AvgIpc) is 2.73. The van der Waals surface area contributed by atoms with Gasteiger partial charge in [-0.25, -0.2) is 4.98 Å². The Labute approximate surface area is 114 Å². The molecule has 1 saturated heterocycles. The minimum Gasteiger partial charge on any atom is -0.477 e. The van der Waals surface area contributed by atoms with E-state index in [-0.39, 0.29) is 11.7 Å². The number of nitrogen functional groups attached to an aromatic ring is 1. The number of ether oxygens (including phenoxy) is 1. The molecule has 5 nitrogen and oxygen atoms in total. The van der Waals surface area contributed by atoms with E-state index in [0.717, 1.165) is 25.8 Å². The molecule has 2 N–H and O–H groups in total. The van der Waals surface area contributed by atoms with E-state index in [1.807, 2.05) is 7.05 Å². The van der Waals surface area contributed by atoms with Crippen LogP contribution >= 0.6 is 0 Å². The summed E-state index contributed by atoms with van der Waals surface area (Å²) in [6.45, 7) is 1.35. The summed E-state index contributed by atoms with van der Waals surface area (Å²) in [5.74, 6) is -1.66. The smallest absolute Gasteiger partial charge is 0.451 e. The number of nitrogens with two attached hydrogens (primary N) is 1. The van der Waals surface area contributed by atoms with Crippen LogP contribution in [0.5, 0.6) is 5.88 Å². The summed E-state index contributed by atoms with van der Waals surface area (Å²) in [6, 6.07) is 1.62. The molecular formula is C12H17F3N4O. The molecule has 0 saturated carbocycles. The van der Waals surface area contributed by atoms with Gasteiger partial charge in [-0.3, -0.25) is 0 Å². The molecule has 0 amide bonds. The SMILES string of the molecule is CN1CCCC1CCOc1cc(N)nc(C(F)(F)F)n1. The van der Waals surface area contributed by atoms with Crippen molar-refractivity contribution in [2.75, 3.05) is 25.9 Å². The second kappa shape index (κ2) is 5.82. The maximum atomic E-state index is 12.5. The molecule has 0 aromatic carbocycles. The van der Waals surface area contributed by atoms with E-state index in [2.05, 4.69) is 14.9 Å². The van der Waals surface area contributed by atoms with Gasteiger partial charge in [0.25, 0.3) is 0 Å². The fraction of sp³-hybridized carbons (Fsp3) is 0.667. The monoisotopic (exact) mass is 290 g/mol. The van der Waals surface area contributed by atoms with Crippen molar-refractivity contribution in [3.63, 3.8) is 0 Å². The Bertz CT molecular complexity index is 467. The first-order valence-electron chi connectivity index (χ1n) is 6.41. The van der Waals surface area contributed by atoms with Gasteiger partial charge in [0.05, 0.1) is 6.61 Å². The number of halogens is 3. The van der Waals surface area contributed by atoms with Crippen molar-refractivity contribution in [2.24, 2.45) is 0 Å². The highest BCUT2D eigenvalue weighted by atomic mass is 19.4. The lowest BCUT2D eigenvalue weighted by Gasteiger charge is -2.19. The molecule has 1 aromatic heterocycles. The Morgan fingerprint density at radius 1 is 1.45 bits per heavy atom. The van der Waals surface area contributed by atoms with Crippen LogP contribution in [0.3, 0.4) is 0 Å². The zero-order chi connectivity index (χ0) is 14.8. The maximum Gasteiger partial charge on any atom is 0.451 e. The standard InChI is InChI=1S/C12H17F3N4O/c1-19-5-2-3-8(19)4-6-20-10-7-9(16)17-11(18-10)12(13,14)15/h7-8H,2-6H2,1H3,(H2,16,17,18). The van der Waals surface area contributed by atoms with Crippen LogP contribution in [0.15, 0.2) is 6.07 Å². The summed E-state index contributed by atoms with van der Waals surface area (Å²) in [5.41, 5.74) is 5.33. The molecule has 1 aliphatic heterocycles. The summed E-state index contributed by atoms with van der Waals surface area (Å²) in [5, 5.41) is 0. The van der Waals surface area contributed by atoms with Gasteiger partial charge >= 0.3 is 6.18 Å². The van der Waals surface area contributed by atoms with Crippen LogP contribution in [0.2, 0.25) is 0 Å². The normalized spacial score (nSPS) is 20.3. The number of hydrogen-bond donors (Lipinski definition) is 1. The van der Waals surface area contributed by atoms with E-state index >= 15 is 0 Å². The number of hydrogen-bond acceptors (Lipinski definition) is 5. The average molecular weight is 290 g/mol. The zero-order valence-corrected chi connectivity index (χ0v) is 11.2. The van der Waals surface area contributed by atoms with Gasteiger partial charge in [-0.05, 0) is 32.9 Å². The molecule has 0 bridgehead atoms. The first kappa shape index (κ1) is 14.8. The first-order valence-corrected chi connectivity index (χ1v) is 6.41. The molecule has 8 heteroatoms. The number of rotatable bonds is 4. The predicted molar refractivity (Wildman–Crippen MR) is 67.2 cm³/mol. The second-order valence-corrected chi connectivity index (χ2v) is 4.87. The van der Waals surface area contributed by atoms with Crippen LogP contribution < -0.4 is 10.5 Å². The van der Waals surface area contributed by atoms with Crippen molar-refractivity contribution in [3.05, 3.63) is 11.9 Å². The molecular weight excluding hydrogens is 273 g/mol. The Kier molecular flexibility index (Phi) is 4.32. The number of aromatic nitrogens is 2. The Morgan fingerprint density at radius 2 is 2.20 bits per heavy atom. The summed E-state index contributed by atoms with van der Waals surface area (Å²) in [4.78, 5) is 8.71. The first-order chi connectivity index (χ1) is 9.36. The fourth-order valence-corrected chi connectivity index (χ4v) is 2.29. The van der Waals surface area contributed by atoms with Crippen LogP contribution in [-0.2, 0) is 6.18 Å². The molecule has 2 rings (SSSR count). The van der Waals surface area contributed by atoms with Gasteiger partial charge in [0.1, 0.15) is 5.82 Å². The summed E-state index contributed by atoms with van der Waals surface area (Å²) in [6.07, 6.45) is -1.65. The molecule has 2 heterocycles. The fourth-order valence-electron chi connectivity index (χ4n) is 2.29. The molecule has 1 atom stereocenters. The van der Waals surface area contributed by atoms with Crippen LogP contribution in [0, 0.1) is 0 Å². The van der Waals surface area contributed by atoms with Crippen molar-refractivity contribution in [1.82, 2.24) is 14.9 Å². The zero-order valence-electron chi connectivity index (χ0n) is 11.2. The van der Waals surface area contributed by atoms with E-state index in [1.165, 1.54) is 6.07 Å². The molecule has 1 unspecified atom stereocenters. The summed E-state index contributed by atoms with van der Waals surface area (Å²) < 4.78 is 42.8. The third-order valence-electron chi connectivity index (χ3n) is 3.35. The minimum absolute atomic E-state index is 0.134. The highest BCUT2D eigenvalue weighted by Gasteiger charge is 2.35. The van der Waals surface area contributed by atoms with E-state index < -0.39 is 12.0 Å². The molecule has 1 aromatic rings. The van der Waals surface area contributed by atoms with E-state index in [9.17, 15) is 13.2 Å². The van der Waals surface area contributed by atoms with E-state index in [0.29, 0.717) is 12.6 Å². The van der Waals surface area contributed by atoms with Crippen molar-refractivity contribution < 1.29 is 17.9 Å². The van der Waals surface area contributed by atoms with Crippen molar-refractivity contribution in [3.8, 4) is 5.88 Å². The predicted octanol–water partition coefficient (Wildman–Crippen LogP) is 1.94. The van der Waals surface area contributed by atoms with Gasteiger partial charge in [-0.2, -0.15) is 18.2 Å². The van der Waals surface area contributed by atoms with Crippen LogP contribution in [-0.4, -0.2) is 41.1 Å². The summed E-state index contributed by atoms with van der Waals surface area (Å²) >= 11 is 0. The molecule has 1 fully saturated rings. The molecule has 0 aliphatic carbocycles. The van der Waals surface area contributed by atoms with E-state index in [1.54, 1.807) is 0 Å². The topological polar surface area (TPSA) is 64.3 Å². The third kappa shape index (κ3) is 3.72.